The number of rotatable bonds is 3. The number of fused-ring (bicyclic) bond motifs is 4. The molecule has 3 saturated carbocycles. The molecule has 5 rings (SSSR count). The molecular formula is C22H30ClN3O5. The number of alkyl carbamates (subject to hydrolysis) is 1. The predicted molar refractivity (Wildman–Crippen MR) is 116 cm³/mol. The zero-order chi connectivity index (χ0) is 22.4. The van der Waals surface area contributed by atoms with Crippen molar-refractivity contribution in [1.29, 1.82) is 0 Å². The Hall–Kier alpha value is -2.19. The van der Waals surface area contributed by atoms with E-state index in [1.807, 2.05) is 0 Å². The van der Waals surface area contributed by atoms with Crippen molar-refractivity contribution in [2.45, 2.75) is 81.8 Å². The average molecular weight is 452 g/mol. The van der Waals surface area contributed by atoms with Crippen molar-refractivity contribution < 1.29 is 24.2 Å². The summed E-state index contributed by atoms with van der Waals surface area (Å²) in [7, 11) is 0. The molecule has 31 heavy (non-hydrogen) atoms. The molecule has 1 aliphatic heterocycles. The number of ether oxygens (including phenoxy) is 2. The van der Waals surface area contributed by atoms with Crippen LogP contribution in [0.5, 0.6) is 5.75 Å². The van der Waals surface area contributed by atoms with E-state index in [1.165, 1.54) is 0 Å². The van der Waals surface area contributed by atoms with Crippen molar-refractivity contribution >= 4 is 29.3 Å². The Morgan fingerprint density at radius 1 is 1.23 bits per heavy atom. The number of carbonyl (C=O) groups excluding carboxylic acids is 2. The third-order valence-electron chi connectivity index (χ3n) is 6.44. The summed E-state index contributed by atoms with van der Waals surface area (Å²) in [5, 5.41) is 20.7. The van der Waals surface area contributed by atoms with Crippen LogP contribution in [0.25, 0.3) is 0 Å². The van der Waals surface area contributed by atoms with Gasteiger partial charge in [0.25, 0.3) is 5.91 Å². The van der Waals surface area contributed by atoms with E-state index in [-0.39, 0.29) is 5.91 Å². The molecule has 0 saturated heterocycles. The van der Waals surface area contributed by atoms with Gasteiger partial charge in [-0.2, -0.15) is 0 Å². The molecule has 1 unspecified atom stereocenters. The molecule has 1 aromatic carbocycles. The SMILES string of the molecule is CC(C)(C)OC(=O)NC12CCC(NC(=O)C3CNc4cc(Cl)ccc4O3)(CC1)C[C@H]2O. The first-order valence-electron chi connectivity index (χ1n) is 10.7. The lowest BCUT2D eigenvalue weighted by atomic mass is 9.60. The maximum Gasteiger partial charge on any atom is 0.408 e. The van der Waals surface area contributed by atoms with Gasteiger partial charge in [-0.05, 0) is 71.1 Å². The van der Waals surface area contributed by atoms with Crippen LogP contribution in [0.3, 0.4) is 0 Å². The van der Waals surface area contributed by atoms with E-state index in [0.717, 1.165) is 5.69 Å². The standard InChI is InChI=1S/C22H30ClN3O5/c1-20(2,3)31-19(29)26-22-8-6-21(7-9-22,11-17(22)27)25-18(28)16-12-24-14-10-13(23)4-5-15(14)30-16/h4-5,10,16-17,24,27H,6-9,11-12H2,1-3H3,(H,25,28)(H,26,29)/t16?,17-,21?,22?/m1/s1. The maximum absolute atomic E-state index is 13.0. The number of carbonyl (C=O) groups is 2. The van der Waals surface area contributed by atoms with Gasteiger partial charge in [0.05, 0.1) is 23.9 Å². The van der Waals surface area contributed by atoms with Crippen LogP contribution in [0.4, 0.5) is 10.5 Å². The monoisotopic (exact) mass is 451 g/mol. The number of benzene rings is 1. The lowest BCUT2D eigenvalue weighted by Gasteiger charge is -2.56. The van der Waals surface area contributed by atoms with Crippen molar-refractivity contribution in [2.24, 2.45) is 0 Å². The van der Waals surface area contributed by atoms with Crippen molar-refractivity contribution in [3.8, 4) is 5.75 Å². The minimum atomic E-state index is -0.768. The molecule has 0 aromatic heterocycles. The average Bonchev–Trinajstić information content (AvgIpc) is 2.67. The topological polar surface area (TPSA) is 109 Å². The molecule has 3 fully saturated rings. The number of nitrogens with one attached hydrogen (secondary N) is 3. The summed E-state index contributed by atoms with van der Waals surface area (Å²) < 4.78 is 11.2. The lowest BCUT2D eigenvalue weighted by molar-refractivity contribution is -0.134. The molecule has 0 spiro atoms. The molecule has 4 N–H and O–H groups in total. The molecule has 1 heterocycles. The fourth-order valence-corrected chi connectivity index (χ4v) is 4.97. The summed E-state index contributed by atoms with van der Waals surface area (Å²) in [6.45, 7) is 5.75. The minimum Gasteiger partial charge on any atom is -0.477 e. The summed E-state index contributed by atoms with van der Waals surface area (Å²) in [4.78, 5) is 25.3. The van der Waals surface area contributed by atoms with Gasteiger partial charge in [-0.25, -0.2) is 4.79 Å². The van der Waals surface area contributed by atoms with Crippen LogP contribution in [-0.2, 0) is 9.53 Å². The fourth-order valence-electron chi connectivity index (χ4n) is 4.80. The van der Waals surface area contributed by atoms with Gasteiger partial charge in [0, 0.05) is 10.6 Å². The first-order valence-corrected chi connectivity index (χ1v) is 11.1. The number of halogens is 1. The van der Waals surface area contributed by atoms with Gasteiger partial charge < -0.3 is 30.5 Å². The maximum atomic E-state index is 13.0. The number of anilines is 1. The van der Waals surface area contributed by atoms with E-state index >= 15 is 0 Å². The van der Waals surface area contributed by atoms with E-state index in [0.29, 0.717) is 49.4 Å². The van der Waals surface area contributed by atoms with Gasteiger partial charge in [0.1, 0.15) is 11.4 Å². The Morgan fingerprint density at radius 3 is 2.58 bits per heavy atom. The molecular weight excluding hydrogens is 422 g/mol. The van der Waals surface area contributed by atoms with E-state index < -0.39 is 35.0 Å². The summed E-state index contributed by atoms with van der Waals surface area (Å²) in [6.07, 6.45) is 0.879. The highest BCUT2D eigenvalue weighted by atomic mass is 35.5. The second-order valence-electron chi connectivity index (χ2n) is 9.90. The van der Waals surface area contributed by atoms with Crippen LogP contribution >= 0.6 is 11.6 Å². The van der Waals surface area contributed by atoms with E-state index in [9.17, 15) is 14.7 Å². The first kappa shape index (κ1) is 22.0. The number of hydrogen-bond donors (Lipinski definition) is 4. The quantitative estimate of drug-likeness (QED) is 0.562. The molecule has 9 heteroatoms. The second kappa shape index (κ2) is 7.74. The molecule has 2 bridgehead atoms. The number of aliphatic hydroxyl groups is 1. The van der Waals surface area contributed by atoms with Crippen molar-refractivity contribution in [3.05, 3.63) is 23.2 Å². The first-order chi connectivity index (χ1) is 14.5. The summed E-state index contributed by atoms with van der Waals surface area (Å²) in [5.41, 5.74) is -1.06. The largest absolute Gasteiger partial charge is 0.477 e. The Morgan fingerprint density at radius 2 is 1.94 bits per heavy atom. The van der Waals surface area contributed by atoms with Crippen molar-refractivity contribution in [1.82, 2.24) is 10.6 Å². The van der Waals surface area contributed by atoms with Crippen LogP contribution < -0.4 is 20.7 Å². The zero-order valence-corrected chi connectivity index (χ0v) is 18.8. The van der Waals surface area contributed by atoms with Gasteiger partial charge in [-0.15, -0.1) is 0 Å². The Bertz CT molecular complexity index is 876. The summed E-state index contributed by atoms with van der Waals surface area (Å²) in [5.74, 6) is 0.371. The molecule has 2 amide bonds. The van der Waals surface area contributed by atoms with E-state index in [1.54, 1.807) is 39.0 Å². The molecule has 8 nitrogen and oxygen atoms in total. The number of amides is 2. The molecule has 1 aromatic rings. The Kier molecular flexibility index (Phi) is 5.50. The van der Waals surface area contributed by atoms with E-state index in [4.69, 9.17) is 21.1 Å². The normalized spacial score (nSPS) is 31.6. The fraction of sp³-hybridized carbons (Fsp3) is 0.636. The number of aliphatic hydroxyl groups excluding tert-OH is 1. The third-order valence-corrected chi connectivity index (χ3v) is 6.68. The highest BCUT2D eigenvalue weighted by molar-refractivity contribution is 6.30. The Labute approximate surface area is 187 Å². The smallest absolute Gasteiger partial charge is 0.408 e. The van der Waals surface area contributed by atoms with Gasteiger partial charge in [-0.3, -0.25) is 4.79 Å². The van der Waals surface area contributed by atoms with Crippen LogP contribution in [0.15, 0.2) is 18.2 Å². The highest BCUT2D eigenvalue weighted by Crippen LogP contribution is 2.47. The van der Waals surface area contributed by atoms with Gasteiger partial charge in [0.15, 0.2) is 6.10 Å². The van der Waals surface area contributed by atoms with Crippen molar-refractivity contribution in [3.63, 3.8) is 0 Å². The third kappa shape index (κ3) is 4.55. The van der Waals surface area contributed by atoms with Crippen molar-refractivity contribution in [2.75, 3.05) is 11.9 Å². The minimum absolute atomic E-state index is 0.213. The van der Waals surface area contributed by atoms with Gasteiger partial charge >= 0.3 is 6.09 Å². The highest BCUT2D eigenvalue weighted by Gasteiger charge is 2.56. The number of hydrogen-bond acceptors (Lipinski definition) is 6. The molecule has 2 atom stereocenters. The Balaban J connectivity index is 1.38. The molecule has 3 aliphatic carbocycles. The summed E-state index contributed by atoms with van der Waals surface area (Å²) >= 11 is 6.00. The van der Waals surface area contributed by atoms with Crippen LogP contribution in [0, 0.1) is 0 Å². The zero-order valence-electron chi connectivity index (χ0n) is 18.1. The van der Waals surface area contributed by atoms with Gasteiger partial charge in [0.2, 0.25) is 0 Å². The molecule has 170 valence electrons. The molecule has 0 radical (unpaired) electrons. The lowest BCUT2D eigenvalue weighted by Crippen LogP contribution is -2.71. The van der Waals surface area contributed by atoms with Crippen LogP contribution in [0.1, 0.15) is 52.9 Å². The predicted octanol–water partition coefficient (Wildman–Crippen LogP) is 2.97. The van der Waals surface area contributed by atoms with Crippen LogP contribution in [-0.4, -0.2) is 52.5 Å². The second-order valence-corrected chi connectivity index (χ2v) is 10.3. The van der Waals surface area contributed by atoms with E-state index in [2.05, 4.69) is 16.0 Å². The van der Waals surface area contributed by atoms with Crippen LogP contribution in [0.2, 0.25) is 5.02 Å². The van der Waals surface area contributed by atoms with Gasteiger partial charge in [-0.1, -0.05) is 11.6 Å². The summed E-state index contributed by atoms with van der Waals surface area (Å²) in [6, 6.07) is 5.22. The molecule has 4 aliphatic rings.